The molecule has 202 valence electrons. The first-order valence-electron chi connectivity index (χ1n) is 12.3. The second-order valence-corrected chi connectivity index (χ2v) is 9.28. The van der Waals surface area contributed by atoms with Crippen LogP contribution in [0.3, 0.4) is 0 Å². The monoisotopic (exact) mass is 540 g/mol. The van der Waals surface area contributed by atoms with Crippen molar-refractivity contribution in [2.45, 2.75) is 19.4 Å². The molecule has 1 aliphatic heterocycles. The number of hydrogen-bond donors (Lipinski definition) is 2. The van der Waals surface area contributed by atoms with Crippen molar-refractivity contribution in [2.75, 3.05) is 6.54 Å². The Bertz CT molecular complexity index is 1630. The van der Waals surface area contributed by atoms with Crippen LogP contribution < -0.4 is 4.74 Å². The number of aliphatic carboxylic acids is 2. The van der Waals surface area contributed by atoms with Gasteiger partial charge in [0.05, 0.1) is 16.8 Å². The molecule has 0 spiro atoms. The molecular weight excluding hydrogens is 516 g/mol. The zero-order valence-electron chi connectivity index (χ0n) is 21.2. The van der Waals surface area contributed by atoms with Crippen LogP contribution in [0.15, 0.2) is 94.2 Å². The zero-order valence-corrected chi connectivity index (χ0v) is 21.2. The van der Waals surface area contributed by atoms with E-state index in [9.17, 15) is 24.6 Å². The lowest BCUT2D eigenvalue weighted by Gasteiger charge is -2.29. The molecule has 0 aliphatic carbocycles. The van der Waals surface area contributed by atoms with Crippen LogP contribution in [0.4, 0.5) is 5.69 Å². The zero-order chi connectivity index (χ0) is 28.3. The third kappa shape index (κ3) is 5.04. The van der Waals surface area contributed by atoms with E-state index in [1.807, 2.05) is 30.3 Å². The molecule has 5 rings (SSSR count). The van der Waals surface area contributed by atoms with E-state index in [0.29, 0.717) is 34.7 Å². The highest BCUT2D eigenvalue weighted by atomic mass is 16.5. The maximum atomic E-state index is 13.3. The summed E-state index contributed by atoms with van der Waals surface area (Å²) in [6.45, 7) is 4.15. The number of Topliss-reactive ketones (excluding diaryl/α,β-unsaturated/α-hetero) is 1. The van der Waals surface area contributed by atoms with Crippen LogP contribution in [-0.2, 0) is 16.2 Å². The molecule has 2 heterocycles. The third-order valence-electron chi connectivity index (χ3n) is 6.77. The summed E-state index contributed by atoms with van der Waals surface area (Å²) in [5.74, 6) is -3.62. The normalized spacial score (nSPS) is 12.8. The first-order chi connectivity index (χ1) is 19.3. The molecule has 0 fully saturated rings. The van der Waals surface area contributed by atoms with E-state index >= 15 is 0 Å². The Balaban J connectivity index is 1.33. The van der Waals surface area contributed by atoms with Gasteiger partial charge in [0.2, 0.25) is 0 Å². The summed E-state index contributed by atoms with van der Waals surface area (Å²) in [5, 5.41) is 33.6. The first kappa shape index (κ1) is 26.3. The molecule has 1 aromatic heterocycles. The molecule has 0 bridgehead atoms. The fourth-order valence-electron chi connectivity index (χ4n) is 4.43. The lowest BCUT2D eigenvalue weighted by molar-refractivity contribution is -0.165. The van der Waals surface area contributed by atoms with Crippen molar-refractivity contribution in [2.24, 2.45) is 15.8 Å². The maximum absolute atomic E-state index is 13.3. The minimum atomic E-state index is -2.45. The molecule has 0 unspecified atom stereocenters. The summed E-state index contributed by atoms with van der Waals surface area (Å²) in [5.41, 5.74) is 0.317. The number of fused-ring (bicyclic) bond motifs is 2. The number of carboxylic acids is 2. The van der Waals surface area contributed by atoms with Crippen molar-refractivity contribution in [3.63, 3.8) is 0 Å². The summed E-state index contributed by atoms with van der Waals surface area (Å²) in [6, 6.07) is 21.4. The molecule has 1 aliphatic rings. The smallest absolute Gasteiger partial charge is 0.321 e. The predicted molar refractivity (Wildman–Crippen MR) is 143 cm³/mol. The van der Waals surface area contributed by atoms with Gasteiger partial charge in [-0.15, -0.1) is 5.11 Å². The molecule has 0 saturated heterocycles. The van der Waals surface area contributed by atoms with Crippen LogP contribution in [0.2, 0.25) is 0 Å². The molecule has 0 atom stereocenters. The Labute approximate surface area is 228 Å². The van der Waals surface area contributed by atoms with Gasteiger partial charge < -0.3 is 19.5 Å². The van der Waals surface area contributed by atoms with Crippen LogP contribution >= 0.6 is 0 Å². The SMILES string of the molecule is C=C1c2ccccc2N=NN1CCC(CC(=O)c1noc2cc(OCc3ccccc3)ccc12)(C(=O)O)C(=O)O. The summed E-state index contributed by atoms with van der Waals surface area (Å²) in [4.78, 5) is 37.9. The van der Waals surface area contributed by atoms with Gasteiger partial charge in [-0.3, -0.25) is 14.4 Å². The molecule has 11 heteroatoms. The number of rotatable bonds is 11. The van der Waals surface area contributed by atoms with E-state index < -0.39 is 36.0 Å². The summed E-state index contributed by atoms with van der Waals surface area (Å²) < 4.78 is 11.1. The van der Waals surface area contributed by atoms with Gasteiger partial charge in [0, 0.05) is 24.6 Å². The Morgan fingerprint density at radius 3 is 2.45 bits per heavy atom. The van der Waals surface area contributed by atoms with Crippen molar-refractivity contribution in [3.05, 3.63) is 96.2 Å². The maximum Gasteiger partial charge on any atom is 0.321 e. The van der Waals surface area contributed by atoms with Crippen LogP contribution in [0, 0.1) is 5.41 Å². The van der Waals surface area contributed by atoms with Gasteiger partial charge in [0.25, 0.3) is 0 Å². The second-order valence-electron chi connectivity index (χ2n) is 9.28. The van der Waals surface area contributed by atoms with Crippen LogP contribution in [0.25, 0.3) is 16.7 Å². The number of aromatic nitrogens is 1. The highest BCUT2D eigenvalue weighted by molar-refractivity contribution is 6.10. The average molecular weight is 541 g/mol. The van der Waals surface area contributed by atoms with Crippen LogP contribution in [0.1, 0.15) is 34.5 Å². The van der Waals surface area contributed by atoms with Gasteiger partial charge >= 0.3 is 11.9 Å². The first-order valence-corrected chi connectivity index (χ1v) is 12.3. The minimum absolute atomic E-state index is 0.149. The molecular formula is C29H24N4O7. The van der Waals surface area contributed by atoms with E-state index in [0.717, 1.165) is 5.56 Å². The number of nitrogens with zero attached hydrogens (tertiary/aromatic N) is 4. The Hall–Kier alpha value is -5.32. The lowest BCUT2D eigenvalue weighted by atomic mass is 9.78. The number of carbonyl (C=O) groups is 3. The molecule has 2 N–H and O–H groups in total. The quantitative estimate of drug-likeness (QED) is 0.185. The summed E-state index contributed by atoms with van der Waals surface area (Å²) in [7, 11) is 0. The number of carbonyl (C=O) groups excluding carboxylic acids is 1. The largest absolute Gasteiger partial charge is 0.489 e. The molecule has 0 amide bonds. The summed E-state index contributed by atoms with van der Waals surface area (Å²) >= 11 is 0. The predicted octanol–water partition coefficient (Wildman–Crippen LogP) is 5.51. The standard InChI is InChI=1S/C29H24N4O7/c1-18-21-9-5-6-10-23(21)30-32-33(18)14-13-29(27(35)36,28(37)38)16-24(34)26-22-12-11-20(15-25(22)40-31-26)39-17-19-7-3-2-4-8-19/h2-12,15H,1,13-14,16-17H2,(H,35,36)(H,37,38). The number of ketones is 1. The van der Waals surface area contributed by atoms with Crippen LogP contribution in [-0.4, -0.2) is 44.6 Å². The second kappa shape index (κ2) is 10.8. The van der Waals surface area contributed by atoms with Crippen LogP contribution in [0.5, 0.6) is 5.75 Å². The van der Waals surface area contributed by atoms with Crippen molar-refractivity contribution in [3.8, 4) is 5.75 Å². The lowest BCUT2D eigenvalue weighted by Crippen LogP contribution is -2.43. The molecule has 3 aromatic carbocycles. The van der Waals surface area contributed by atoms with Crippen molar-refractivity contribution >= 4 is 40.1 Å². The van der Waals surface area contributed by atoms with Crippen molar-refractivity contribution < 1.29 is 33.9 Å². The van der Waals surface area contributed by atoms with Gasteiger partial charge in [-0.25, -0.2) is 5.01 Å². The van der Waals surface area contributed by atoms with E-state index in [4.69, 9.17) is 9.26 Å². The molecule has 11 nitrogen and oxygen atoms in total. The molecule has 0 saturated carbocycles. The van der Waals surface area contributed by atoms with E-state index in [2.05, 4.69) is 22.1 Å². The molecule has 40 heavy (non-hydrogen) atoms. The topological polar surface area (TPSA) is 155 Å². The fourth-order valence-corrected chi connectivity index (χ4v) is 4.43. The van der Waals surface area contributed by atoms with Gasteiger partial charge in [-0.1, -0.05) is 65.5 Å². The van der Waals surface area contributed by atoms with E-state index in [1.165, 1.54) is 5.01 Å². The van der Waals surface area contributed by atoms with Gasteiger partial charge in [0.15, 0.2) is 22.5 Å². The summed E-state index contributed by atoms with van der Waals surface area (Å²) in [6.07, 6.45) is -1.30. The molecule has 0 radical (unpaired) electrons. The van der Waals surface area contributed by atoms with Gasteiger partial charge in [-0.05, 0) is 30.2 Å². The minimum Gasteiger partial charge on any atom is -0.489 e. The van der Waals surface area contributed by atoms with E-state index in [1.54, 1.807) is 42.5 Å². The number of carboxylic acid groups (broad SMARTS) is 2. The van der Waals surface area contributed by atoms with E-state index in [-0.39, 0.29) is 17.8 Å². The fraction of sp³-hybridized carbons (Fsp3) is 0.172. The highest BCUT2D eigenvalue weighted by Crippen LogP contribution is 2.36. The highest BCUT2D eigenvalue weighted by Gasteiger charge is 2.49. The third-order valence-corrected chi connectivity index (χ3v) is 6.77. The number of ether oxygens (including phenoxy) is 1. The van der Waals surface area contributed by atoms with Crippen molar-refractivity contribution in [1.82, 2.24) is 10.2 Å². The number of hydrogen-bond acceptors (Lipinski definition) is 9. The van der Waals surface area contributed by atoms with Gasteiger partial charge in [0.1, 0.15) is 12.4 Å². The number of benzene rings is 3. The average Bonchev–Trinajstić information content (AvgIpc) is 3.39. The Morgan fingerprint density at radius 1 is 0.975 bits per heavy atom. The van der Waals surface area contributed by atoms with Gasteiger partial charge in [-0.2, -0.15) is 0 Å². The Morgan fingerprint density at radius 2 is 1.70 bits per heavy atom. The molecule has 4 aromatic rings. The Kier molecular flexibility index (Phi) is 7.11. The van der Waals surface area contributed by atoms with Crippen molar-refractivity contribution in [1.29, 1.82) is 0 Å².